The Morgan fingerprint density at radius 3 is 2.55 bits per heavy atom. The molecule has 0 saturated carbocycles. The standard InChI is InChI=1S/C23H29N3O3/c1-5-21(27)26-15-17(16-9-7-6-8-10-16)14-24-19-13-18(11-12-20(19)26)25-22(28)29-23(2,3)4/h6-13,17,24H,5,14-15H2,1-4H3,(H,25,28). The minimum atomic E-state index is -0.568. The molecule has 2 aromatic rings. The maximum atomic E-state index is 12.7. The Kier molecular flexibility index (Phi) is 6.11. The second-order valence-corrected chi connectivity index (χ2v) is 8.21. The van der Waals surface area contributed by atoms with Crippen LogP contribution in [0, 0.1) is 0 Å². The zero-order valence-electron chi connectivity index (χ0n) is 17.5. The van der Waals surface area contributed by atoms with Gasteiger partial charge >= 0.3 is 6.09 Å². The van der Waals surface area contributed by atoms with Crippen molar-refractivity contribution >= 4 is 29.1 Å². The first-order valence-electron chi connectivity index (χ1n) is 10.00. The maximum Gasteiger partial charge on any atom is 0.412 e. The van der Waals surface area contributed by atoms with Gasteiger partial charge in [0.15, 0.2) is 0 Å². The summed E-state index contributed by atoms with van der Waals surface area (Å²) >= 11 is 0. The molecule has 2 amide bonds. The van der Waals surface area contributed by atoms with Crippen molar-refractivity contribution in [1.29, 1.82) is 0 Å². The molecule has 0 saturated heterocycles. The molecule has 2 N–H and O–H groups in total. The average molecular weight is 396 g/mol. The smallest absolute Gasteiger partial charge is 0.412 e. The Morgan fingerprint density at radius 1 is 1.17 bits per heavy atom. The number of fused-ring (bicyclic) bond motifs is 1. The van der Waals surface area contributed by atoms with Gasteiger partial charge in [0.25, 0.3) is 0 Å². The lowest BCUT2D eigenvalue weighted by Gasteiger charge is -2.25. The molecule has 0 fully saturated rings. The number of amides is 2. The zero-order chi connectivity index (χ0) is 21.0. The second-order valence-electron chi connectivity index (χ2n) is 8.21. The Hall–Kier alpha value is -3.02. The molecule has 29 heavy (non-hydrogen) atoms. The Bertz CT molecular complexity index is 875. The quantitative estimate of drug-likeness (QED) is 0.768. The largest absolute Gasteiger partial charge is 0.444 e. The highest BCUT2D eigenvalue weighted by atomic mass is 16.6. The fraction of sp³-hybridized carbons (Fsp3) is 0.391. The van der Waals surface area contributed by atoms with E-state index in [1.54, 1.807) is 6.07 Å². The van der Waals surface area contributed by atoms with Crippen LogP contribution in [0.3, 0.4) is 0 Å². The molecule has 1 atom stereocenters. The molecule has 0 radical (unpaired) electrons. The van der Waals surface area contributed by atoms with Crippen molar-refractivity contribution in [1.82, 2.24) is 0 Å². The summed E-state index contributed by atoms with van der Waals surface area (Å²) in [6.07, 6.45) is -0.0755. The van der Waals surface area contributed by atoms with Gasteiger partial charge in [0, 0.05) is 31.1 Å². The molecule has 1 heterocycles. The molecular weight excluding hydrogens is 366 g/mol. The molecule has 2 aromatic carbocycles. The van der Waals surface area contributed by atoms with E-state index < -0.39 is 11.7 Å². The van der Waals surface area contributed by atoms with Gasteiger partial charge in [0.2, 0.25) is 5.91 Å². The van der Waals surface area contributed by atoms with Crippen LogP contribution in [0.2, 0.25) is 0 Å². The van der Waals surface area contributed by atoms with Crippen molar-refractivity contribution < 1.29 is 14.3 Å². The number of hydrogen-bond donors (Lipinski definition) is 2. The highest BCUT2D eigenvalue weighted by Gasteiger charge is 2.27. The first-order valence-corrected chi connectivity index (χ1v) is 10.00. The average Bonchev–Trinajstić information content (AvgIpc) is 2.86. The van der Waals surface area contributed by atoms with Crippen LogP contribution >= 0.6 is 0 Å². The van der Waals surface area contributed by atoms with Crippen LogP contribution in [-0.2, 0) is 9.53 Å². The van der Waals surface area contributed by atoms with E-state index in [0.29, 0.717) is 25.2 Å². The number of carbonyl (C=O) groups excluding carboxylic acids is 2. The van der Waals surface area contributed by atoms with Crippen molar-refractivity contribution in [3.05, 3.63) is 54.1 Å². The van der Waals surface area contributed by atoms with Crippen LogP contribution in [0.25, 0.3) is 0 Å². The van der Waals surface area contributed by atoms with Crippen molar-refractivity contribution in [2.45, 2.75) is 45.6 Å². The number of ether oxygens (including phenoxy) is 1. The van der Waals surface area contributed by atoms with Crippen molar-refractivity contribution in [3.8, 4) is 0 Å². The van der Waals surface area contributed by atoms with Crippen molar-refractivity contribution in [2.75, 3.05) is 28.6 Å². The zero-order valence-corrected chi connectivity index (χ0v) is 17.5. The summed E-state index contributed by atoms with van der Waals surface area (Å²) in [7, 11) is 0. The summed E-state index contributed by atoms with van der Waals surface area (Å²) in [4.78, 5) is 26.6. The Morgan fingerprint density at radius 2 is 1.90 bits per heavy atom. The van der Waals surface area contributed by atoms with Gasteiger partial charge in [-0.05, 0) is 44.5 Å². The minimum absolute atomic E-state index is 0.0729. The summed E-state index contributed by atoms with van der Waals surface area (Å²) in [6, 6.07) is 15.7. The van der Waals surface area contributed by atoms with E-state index in [9.17, 15) is 9.59 Å². The third-order valence-electron chi connectivity index (χ3n) is 4.75. The second kappa shape index (κ2) is 8.55. The SMILES string of the molecule is CCC(=O)N1CC(c2ccccc2)CNc2cc(NC(=O)OC(C)(C)C)ccc21. The number of rotatable bonds is 3. The number of hydrogen-bond acceptors (Lipinski definition) is 4. The molecule has 0 aromatic heterocycles. The molecule has 0 bridgehead atoms. The van der Waals surface area contributed by atoms with Crippen LogP contribution in [0.4, 0.5) is 21.9 Å². The Balaban J connectivity index is 1.86. The van der Waals surface area contributed by atoms with E-state index in [4.69, 9.17) is 4.74 Å². The first kappa shape index (κ1) is 20.7. The van der Waals surface area contributed by atoms with Crippen LogP contribution in [0.15, 0.2) is 48.5 Å². The third-order valence-corrected chi connectivity index (χ3v) is 4.75. The minimum Gasteiger partial charge on any atom is -0.444 e. The molecule has 154 valence electrons. The summed E-state index contributed by atoms with van der Waals surface area (Å²) in [5.41, 5.74) is 2.88. The van der Waals surface area contributed by atoms with Gasteiger partial charge in [0.05, 0.1) is 11.4 Å². The molecule has 6 heteroatoms. The van der Waals surface area contributed by atoms with Crippen molar-refractivity contribution in [2.24, 2.45) is 0 Å². The summed E-state index contributed by atoms with van der Waals surface area (Å²) in [5, 5.41) is 6.22. The van der Waals surface area contributed by atoms with Crippen LogP contribution in [-0.4, -0.2) is 30.7 Å². The van der Waals surface area contributed by atoms with E-state index >= 15 is 0 Å². The number of anilines is 3. The molecule has 3 rings (SSSR count). The fourth-order valence-electron chi connectivity index (χ4n) is 3.40. The van der Waals surface area contributed by atoms with E-state index in [1.165, 1.54) is 5.56 Å². The van der Waals surface area contributed by atoms with Gasteiger partial charge in [0.1, 0.15) is 5.60 Å². The van der Waals surface area contributed by atoms with Crippen LogP contribution in [0.1, 0.15) is 45.6 Å². The van der Waals surface area contributed by atoms with Gasteiger partial charge in [-0.3, -0.25) is 10.1 Å². The molecular formula is C23H29N3O3. The summed E-state index contributed by atoms with van der Waals surface area (Å²) in [6.45, 7) is 8.64. The molecule has 0 aliphatic carbocycles. The lowest BCUT2D eigenvalue weighted by atomic mass is 9.98. The highest BCUT2D eigenvalue weighted by molar-refractivity contribution is 5.98. The lowest BCUT2D eigenvalue weighted by Crippen LogP contribution is -2.34. The van der Waals surface area contributed by atoms with E-state index in [2.05, 4.69) is 22.8 Å². The van der Waals surface area contributed by atoms with Gasteiger partial charge < -0.3 is 15.0 Å². The van der Waals surface area contributed by atoms with Gasteiger partial charge in [-0.25, -0.2) is 4.79 Å². The van der Waals surface area contributed by atoms with Gasteiger partial charge in [-0.2, -0.15) is 0 Å². The third kappa shape index (κ3) is 5.28. The Labute approximate surface area is 172 Å². The van der Waals surface area contributed by atoms with Gasteiger partial charge in [-0.1, -0.05) is 37.3 Å². The normalized spacial score (nSPS) is 16.3. The highest BCUT2D eigenvalue weighted by Crippen LogP contribution is 2.35. The molecule has 1 unspecified atom stereocenters. The molecule has 1 aliphatic heterocycles. The van der Waals surface area contributed by atoms with Gasteiger partial charge in [-0.15, -0.1) is 0 Å². The number of nitrogens with zero attached hydrogens (tertiary/aromatic N) is 1. The summed E-state index contributed by atoms with van der Waals surface area (Å²) in [5.74, 6) is 0.241. The first-order chi connectivity index (χ1) is 13.8. The molecule has 0 spiro atoms. The molecule has 6 nitrogen and oxygen atoms in total. The fourth-order valence-corrected chi connectivity index (χ4v) is 3.40. The van der Waals surface area contributed by atoms with Crippen molar-refractivity contribution in [3.63, 3.8) is 0 Å². The number of carbonyl (C=O) groups is 2. The predicted molar refractivity (Wildman–Crippen MR) is 117 cm³/mol. The predicted octanol–water partition coefficient (Wildman–Crippen LogP) is 4.99. The van der Waals surface area contributed by atoms with E-state index in [-0.39, 0.29) is 11.8 Å². The molecule has 1 aliphatic rings. The lowest BCUT2D eigenvalue weighted by molar-refractivity contribution is -0.118. The monoisotopic (exact) mass is 395 g/mol. The topological polar surface area (TPSA) is 70.7 Å². The number of nitrogens with one attached hydrogen (secondary N) is 2. The number of benzene rings is 2. The van der Waals surface area contributed by atoms with E-state index in [1.807, 2.05) is 62.9 Å². The van der Waals surface area contributed by atoms with Crippen LogP contribution < -0.4 is 15.5 Å². The summed E-state index contributed by atoms with van der Waals surface area (Å²) < 4.78 is 5.33. The maximum absolute atomic E-state index is 12.7. The van der Waals surface area contributed by atoms with E-state index in [0.717, 1.165) is 11.4 Å². The van der Waals surface area contributed by atoms with Crippen LogP contribution in [0.5, 0.6) is 0 Å².